The lowest BCUT2D eigenvalue weighted by Crippen LogP contribution is -2.36. The monoisotopic (exact) mass is 286 g/mol. The van der Waals surface area contributed by atoms with E-state index in [1.807, 2.05) is 0 Å². The van der Waals surface area contributed by atoms with Gasteiger partial charge in [0, 0.05) is 18.3 Å². The van der Waals surface area contributed by atoms with Crippen LogP contribution in [0, 0.1) is 10.1 Å². The van der Waals surface area contributed by atoms with Gasteiger partial charge >= 0.3 is 0 Å². The second-order valence-electron chi connectivity index (χ2n) is 5.51. The Kier molecular flexibility index (Phi) is 3.70. The van der Waals surface area contributed by atoms with Crippen LogP contribution in [-0.2, 0) is 0 Å². The van der Waals surface area contributed by atoms with Crippen LogP contribution in [0.2, 0.25) is 0 Å². The van der Waals surface area contributed by atoms with Crippen molar-refractivity contribution in [3.8, 4) is 0 Å². The highest BCUT2D eigenvalue weighted by atomic mass is 16.6. The number of hydrogen-bond donors (Lipinski definition) is 1. The fraction of sp³-hybridized carbons (Fsp3) is 0.400. The van der Waals surface area contributed by atoms with Gasteiger partial charge in [0.2, 0.25) is 0 Å². The first-order valence-electron chi connectivity index (χ1n) is 7.12. The van der Waals surface area contributed by atoms with Crippen LogP contribution in [0.1, 0.15) is 12.8 Å². The normalized spacial score (nSPS) is 17.0. The molecule has 0 radical (unpaired) electrons. The number of piperidine rings is 1. The van der Waals surface area contributed by atoms with E-state index < -0.39 is 0 Å². The summed E-state index contributed by atoms with van der Waals surface area (Å²) in [5, 5.41) is 15.2. The van der Waals surface area contributed by atoms with E-state index in [1.165, 1.54) is 0 Å². The summed E-state index contributed by atoms with van der Waals surface area (Å²) < 4.78 is 0. The Morgan fingerprint density at radius 2 is 2.10 bits per heavy atom. The van der Waals surface area contributed by atoms with Gasteiger partial charge in [-0.2, -0.15) is 0 Å². The summed E-state index contributed by atoms with van der Waals surface area (Å²) in [6.07, 6.45) is 3.81. The summed E-state index contributed by atoms with van der Waals surface area (Å²) in [6.45, 7) is 2.13. The lowest BCUT2D eigenvalue weighted by atomic mass is 10.0. The van der Waals surface area contributed by atoms with Gasteiger partial charge in [-0.05, 0) is 51.2 Å². The van der Waals surface area contributed by atoms with Crippen LogP contribution in [0.4, 0.5) is 11.4 Å². The van der Waals surface area contributed by atoms with E-state index in [2.05, 4.69) is 22.2 Å². The number of nitrogens with zero attached hydrogens (tertiary/aromatic N) is 3. The molecule has 21 heavy (non-hydrogen) atoms. The molecule has 0 spiro atoms. The number of hydrogen-bond acceptors (Lipinski definition) is 5. The van der Waals surface area contributed by atoms with Gasteiger partial charge in [-0.15, -0.1) is 0 Å². The molecular formula is C15H18N4O2. The first-order valence-corrected chi connectivity index (χ1v) is 7.12. The molecular weight excluding hydrogens is 268 g/mol. The molecule has 110 valence electrons. The number of nitro groups is 1. The van der Waals surface area contributed by atoms with E-state index in [1.54, 1.807) is 30.5 Å². The Bertz CT molecular complexity index is 666. The molecule has 1 aromatic carbocycles. The van der Waals surface area contributed by atoms with Crippen molar-refractivity contribution in [2.24, 2.45) is 0 Å². The van der Waals surface area contributed by atoms with Gasteiger partial charge in [-0.1, -0.05) is 0 Å². The van der Waals surface area contributed by atoms with Crippen molar-refractivity contribution in [3.05, 3.63) is 40.6 Å². The molecule has 1 N–H and O–H groups in total. The van der Waals surface area contributed by atoms with E-state index in [0.717, 1.165) is 31.6 Å². The quantitative estimate of drug-likeness (QED) is 0.693. The third-order valence-corrected chi connectivity index (χ3v) is 4.02. The first kappa shape index (κ1) is 13.8. The molecule has 3 rings (SSSR count). The largest absolute Gasteiger partial charge is 0.380 e. The van der Waals surface area contributed by atoms with Gasteiger partial charge in [-0.25, -0.2) is 0 Å². The predicted molar refractivity (Wildman–Crippen MR) is 82.5 cm³/mol. The fourth-order valence-electron chi connectivity index (χ4n) is 2.81. The summed E-state index contributed by atoms with van der Waals surface area (Å²) in [4.78, 5) is 17.4. The third-order valence-electron chi connectivity index (χ3n) is 4.02. The van der Waals surface area contributed by atoms with E-state index in [4.69, 9.17) is 0 Å². The maximum atomic E-state index is 11.1. The molecule has 0 unspecified atom stereocenters. The Balaban J connectivity index is 1.93. The van der Waals surface area contributed by atoms with Gasteiger partial charge in [0.25, 0.3) is 5.69 Å². The maximum Gasteiger partial charge on any atom is 0.278 e. The molecule has 2 aromatic rings. The highest BCUT2D eigenvalue weighted by molar-refractivity contribution is 5.96. The van der Waals surface area contributed by atoms with Crippen LogP contribution in [0.15, 0.2) is 30.5 Å². The molecule has 1 fully saturated rings. The second-order valence-corrected chi connectivity index (χ2v) is 5.51. The average Bonchev–Trinajstić information content (AvgIpc) is 2.49. The highest BCUT2D eigenvalue weighted by Gasteiger charge is 2.19. The van der Waals surface area contributed by atoms with Crippen molar-refractivity contribution in [2.45, 2.75) is 18.9 Å². The van der Waals surface area contributed by atoms with Crippen LogP contribution in [0.25, 0.3) is 10.9 Å². The van der Waals surface area contributed by atoms with Crippen molar-refractivity contribution in [1.29, 1.82) is 0 Å². The zero-order valence-electron chi connectivity index (χ0n) is 12.0. The minimum atomic E-state index is -0.358. The minimum absolute atomic E-state index is 0.104. The van der Waals surface area contributed by atoms with Gasteiger partial charge < -0.3 is 10.2 Å². The number of non-ortho nitro benzene ring substituents is 1. The summed E-state index contributed by atoms with van der Waals surface area (Å²) in [7, 11) is 2.12. The molecule has 2 heterocycles. The summed E-state index contributed by atoms with van der Waals surface area (Å²) >= 11 is 0. The summed E-state index contributed by atoms with van der Waals surface area (Å²) in [5.74, 6) is 0. The topological polar surface area (TPSA) is 71.3 Å². The van der Waals surface area contributed by atoms with Gasteiger partial charge in [0.05, 0.1) is 16.0 Å². The molecule has 1 aliphatic heterocycles. The number of fused-ring (bicyclic) bond motifs is 1. The highest BCUT2D eigenvalue weighted by Crippen LogP contribution is 2.30. The van der Waals surface area contributed by atoms with Crippen LogP contribution in [0.3, 0.4) is 0 Å². The van der Waals surface area contributed by atoms with Crippen molar-refractivity contribution in [3.63, 3.8) is 0 Å². The molecule has 0 saturated carbocycles. The van der Waals surface area contributed by atoms with E-state index in [0.29, 0.717) is 16.9 Å². The van der Waals surface area contributed by atoms with E-state index in [9.17, 15) is 10.1 Å². The van der Waals surface area contributed by atoms with Crippen molar-refractivity contribution >= 4 is 22.3 Å². The molecule has 6 heteroatoms. The number of anilines is 1. The molecule has 0 amide bonds. The zero-order chi connectivity index (χ0) is 14.8. The lowest BCUT2D eigenvalue weighted by Gasteiger charge is -2.30. The lowest BCUT2D eigenvalue weighted by molar-refractivity contribution is -0.383. The number of rotatable bonds is 3. The SMILES string of the molecule is CN1CCC(Nc2ccc([N+](=O)[O-])c3cccnc23)CC1. The van der Waals surface area contributed by atoms with Gasteiger partial charge in [-0.3, -0.25) is 15.1 Å². The molecule has 0 atom stereocenters. The van der Waals surface area contributed by atoms with Gasteiger partial charge in [0.15, 0.2) is 0 Å². The smallest absolute Gasteiger partial charge is 0.278 e. The second kappa shape index (κ2) is 5.65. The van der Waals surface area contributed by atoms with Crippen LogP contribution < -0.4 is 5.32 Å². The molecule has 6 nitrogen and oxygen atoms in total. The summed E-state index contributed by atoms with van der Waals surface area (Å²) in [5.41, 5.74) is 1.66. The number of aromatic nitrogens is 1. The Morgan fingerprint density at radius 3 is 2.81 bits per heavy atom. The number of benzene rings is 1. The maximum absolute atomic E-state index is 11.1. The van der Waals surface area contributed by atoms with Gasteiger partial charge in [0.1, 0.15) is 5.52 Å². The number of likely N-dealkylation sites (tertiary alicyclic amines) is 1. The molecule has 1 saturated heterocycles. The van der Waals surface area contributed by atoms with Crippen molar-refractivity contribution < 1.29 is 4.92 Å². The zero-order valence-corrected chi connectivity index (χ0v) is 12.0. The molecule has 1 aliphatic rings. The number of nitro benzene ring substituents is 1. The van der Waals surface area contributed by atoms with Crippen molar-refractivity contribution in [1.82, 2.24) is 9.88 Å². The van der Waals surface area contributed by atoms with E-state index >= 15 is 0 Å². The molecule has 1 aromatic heterocycles. The Hall–Kier alpha value is -2.21. The van der Waals surface area contributed by atoms with Crippen LogP contribution in [-0.4, -0.2) is 41.0 Å². The minimum Gasteiger partial charge on any atom is -0.380 e. The van der Waals surface area contributed by atoms with Crippen LogP contribution >= 0.6 is 0 Å². The van der Waals surface area contributed by atoms with Crippen molar-refractivity contribution in [2.75, 3.05) is 25.5 Å². The first-order chi connectivity index (χ1) is 10.1. The third kappa shape index (κ3) is 2.80. The molecule has 0 aliphatic carbocycles. The van der Waals surface area contributed by atoms with Crippen LogP contribution in [0.5, 0.6) is 0 Å². The Labute approximate surface area is 122 Å². The standard InChI is InChI=1S/C15H18N4O2/c1-18-9-6-11(7-10-18)17-13-4-5-14(19(20)21)12-3-2-8-16-15(12)13/h2-5,8,11,17H,6-7,9-10H2,1H3. The fourth-order valence-corrected chi connectivity index (χ4v) is 2.81. The average molecular weight is 286 g/mol. The number of pyridine rings is 1. The van der Waals surface area contributed by atoms with E-state index in [-0.39, 0.29) is 10.6 Å². The Morgan fingerprint density at radius 1 is 1.33 bits per heavy atom. The molecule has 0 bridgehead atoms. The summed E-state index contributed by atoms with van der Waals surface area (Å²) in [6, 6.07) is 7.20. The number of nitrogens with one attached hydrogen (secondary N) is 1. The predicted octanol–water partition coefficient (Wildman–Crippen LogP) is 2.65.